The van der Waals surface area contributed by atoms with Crippen LogP contribution in [0.4, 0.5) is 0 Å². The van der Waals surface area contributed by atoms with E-state index in [1.165, 1.54) is 15.6 Å². The fourth-order valence-electron chi connectivity index (χ4n) is 1.07. The fraction of sp³-hybridized carbons (Fsp3) is 0.455. The lowest BCUT2D eigenvalue weighted by molar-refractivity contribution is 0.533. The second-order valence-electron chi connectivity index (χ2n) is 3.28. The van der Waals surface area contributed by atoms with Gasteiger partial charge in [-0.05, 0) is 47.6 Å². The summed E-state index contributed by atoms with van der Waals surface area (Å²) in [6.07, 6.45) is 1.18. The van der Waals surface area contributed by atoms with Gasteiger partial charge in [0.2, 0.25) is 0 Å². The Bertz CT molecular complexity index is 260. The van der Waals surface area contributed by atoms with Gasteiger partial charge in [0.05, 0.1) is 0 Å². The average Bonchev–Trinajstić information content (AvgIpc) is 2.16. The summed E-state index contributed by atoms with van der Waals surface area (Å²) >= 11 is 2.38. The summed E-state index contributed by atoms with van der Waals surface area (Å²) in [5.41, 5.74) is 1.39. The predicted octanol–water partition coefficient (Wildman–Crippen LogP) is 3.18. The summed E-state index contributed by atoms with van der Waals surface area (Å²) in [7, 11) is 0. The van der Waals surface area contributed by atoms with Crippen LogP contribution in [0.15, 0.2) is 24.3 Å². The first-order valence-corrected chi connectivity index (χ1v) is 5.78. The van der Waals surface area contributed by atoms with Gasteiger partial charge in [-0.15, -0.1) is 0 Å². The molecule has 1 unspecified atom stereocenters. The third kappa shape index (κ3) is 3.65. The molecule has 0 saturated heterocycles. The summed E-state index contributed by atoms with van der Waals surface area (Å²) in [6.45, 7) is 5.40. The van der Waals surface area contributed by atoms with Crippen LogP contribution in [0.1, 0.15) is 25.8 Å². The van der Waals surface area contributed by atoms with Crippen molar-refractivity contribution in [2.75, 3.05) is 0 Å². The zero-order valence-electron chi connectivity index (χ0n) is 8.18. The third-order valence-corrected chi connectivity index (χ3v) is 3.26. The molecule has 0 aliphatic rings. The van der Waals surface area contributed by atoms with E-state index in [2.05, 4.69) is 66.0 Å². The number of halogens is 1. The van der Waals surface area contributed by atoms with Crippen molar-refractivity contribution in [1.82, 2.24) is 5.32 Å². The van der Waals surface area contributed by atoms with Crippen molar-refractivity contribution in [3.8, 4) is 0 Å². The topological polar surface area (TPSA) is 12.0 Å². The van der Waals surface area contributed by atoms with Gasteiger partial charge >= 0.3 is 0 Å². The van der Waals surface area contributed by atoms with E-state index in [0.29, 0.717) is 6.04 Å². The molecule has 1 aromatic carbocycles. The number of hydrogen-bond acceptors (Lipinski definition) is 1. The molecular formula is C11H16IN. The molecule has 1 atom stereocenters. The number of hydrogen-bond donors (Lipinski definition) is 1. The van der Waals surface area contributed by atoms with Crippen molar-refractivity contribution in [3.63, 3.8) is 0 Å². The van der Waals surface area contributed by atoms with Gasteiger partial charge in [-0.2, -0.15) is 0 Å². The SMILES string of the molecule is CCC(C)NCc1ccccc1I. The Hall–Kier alpha value is -0.0900. The minimum atomic E-state index is 0.607. The van der Waals surface area contributed by atoms with Gasteiger partial charge in [0, 0.05) is 16.2 Å². The molecule has 1 N–H and O–H groups in total. The first-order chi connectivity index (χ1) is 6.24. The van der Waals surface area contributed by atoms with Crippen LogP contribution >= 0.6 is 22.6 Å². The Morgan fingerprint density at radius 2 is 2.08 bits per heavy atom. The highest BCUT2D eigenvalue weighted by Crippen LogP contribution is 2.11. The standard InChI is InChI=1S/C11H16IN/c1-3-9(2)13-8-10-6-4-5-7-11(10)12/h4-7,9,13H,3,8H2,1-2H3. The van der Waals surface area contributed by atoms with Crippen LogP contribution in [0.2, 0.25) is 0 Å². The molecule has 0 aromatic heterocycles. The maximum Gasteiger partial charge on any atom is 0.0218 e. The van der Waals surface area contributed by atoms with E-state index in [9.17, 15) is 0 Å². The minimum Gasteiger partial charge on any atom is -0.310 e. The van der Waals surface area contributed by atoms with Gasteiger partial charge in [0.1, 0.15) is 0 Å². The maximum atomic E-state index is 3.48. The largest absolute Gasteiger partial charge is 0.310 e. The zero-order valence-corrected chi connectivity index (χ0v) is 10.3. The predicted molar refractivity (Wildman–Crippen MR) is 65.8 cm³/mol. The van der Waals surface area contributed by atoms with Gasteiger partial charge in [0.15, 0.2) is 0 Å². The number of rotatable bonds is 4. The molecule has 0 aliphatic heterocycles. The van der Waals surface area contributed by atoms with Crippen LogP contribution in [0.5, 0.6) is 0 Å². The van der Waals surface area contributed by atoms with E-state index in [-0.39, 0.29) is 0 Å². The quantitative estimate of drug-likeness (QED) is 0.839. The van der Waals surface area contributed by atoms with Crippen LogP contribution in [0.25, 0.3) is 0 Å². The van der Waals surface area contributed by atoms with Gasteiger partial charge < -0.3 is 5.32 Å². The maximum absolute atomic E-state index is 3.48. The van der Waals surface area contributed by atoms with Gasteiger partial charge in [-0.25, -0.2) is 0 Å². The van der Waals surface area contributed by atoms with Crippen molar-refractivity contribution in [3.05, 3.63) is 33.4 Å². The Morgan fingerprint density at radius 3 is 2.69 bits per heavy atom. The summed E-state index contributed by atoms with van der Waals surface area (Å²) in [6, 6.07) is 9.10. The van der Waals surface area contributed by atoms with Crippen LogP contribution in [-0.2, 0) is 6.54 Å². The monoisotopic (exact) mass is 289 g/mol. The smallest absolute Gasteiger partial charge is 0.0218 e. The van der Waals surface area contributed by atoms with Crippen molar-refractivity contribution >= 4 is 22.6 Å². The van der Waals surface area contributed by atoms with E-state index >= 15 is 0 Å². The fourth-order valence-corrected chi connectivity index (χ4v) is 1.65. The highest BCUT2D eigenvalue weighted by molar-refractivity contribution is 14.1. The van der Waals surface area contributed by atoms with Crippen molar-refractivity contribution < 1.29 is 0 Å². The molecule has 1 rings (SSSR count). The molecule has 0 radical (unpaired) electrons. The van der Waals surface area contributed by atoms with E-state index in [0.717, 1.165) is 6.54 Å². The van der Waals surface area contributed by atoms with Gasteiger partial charge in [-0.1, -0.05) is 25.1 Å². The average molecular weight is 289 g/mol. The summed E-state index contributed by atoms with van der Waals surface area (Å²) in [4.78, 5) is 0. The van der Waals surface area contributed by atoms with Crippen LogP contribution in [0.3, 0.4) is 0 Å². The lowest BCUT2D eigenvalue weighted by Crippen LogP contribution is -2.24. The zero-order chi connectivity index (χ0) is 9.68. The number of nitrogens with one attached hydrogen (secondary N) is 1. The van der Waals surface area contributed by atoms with E-state index < -0.39 is 0 Å². The van der Waals surface area contributed by atoms with Crippen LogP contribution in [0, 0.1) is 3.57 Å². The summed E-state index contributed by atoms with van der Waals surface area (Å²) in [5, 5.41) is 3.48. The van der Waals surface area contributed by atoms with E-state index in [1.807, 2.05) is 0 Å². The summed E-state index contributed by atoms with van der Waals surface area (Å²) < 4.78 is 1.34. The van der Waals surface area contributed by atoms with Crippen LogP contribution in [-0.4, -0.2) is 6.04 Å². The highest BCUT2D eigenvalue weighted by Gasteiger charge is 2.00. The number of benzene rings is 1. The van der Waals surface area contributed by atoms with Crippen LogP contribution < -0.4 is 5.32 Å². The molecule has 72 valence electrons. The van der Waals surface area contributed by atoms with E-state index in [1.54, 1.807) is 0 Å². The molecule has 0 bridgehead atoms. The molecule has 1 aromatic rings. The molecule has 0 saturated carbocycles. The molecule has 0 amide bonds. The molecule has 0 aliphatic carbocycles. The van der Waals surface area contributed by atoms with Crippen molar-refractivity contribution in [1.29, 1.82) is 0 Å². The van der Waals surface area contributed by atoms with Crippen molar-refractivity contribution in [2.24, 2.45) is 0 Å². The molecular weight excluding hydrogens is 273 g/mol. The Balaban J connectivity index is 2.50. The first kappa shape index (κ1) is 11.0. The summed E-state index contributed by atoms with van der Waals surface area (Å²) in [5.74, 6) is 0. The third-order valence-electron chi connectivity index (χ3n) is 2.21. The molecule has 2 heteroatoms. The molecule has 1 nitrogen and oxygen atoms in total. The van der Waals surface area contributed by atoms with Gasteiger partial charge in [0.25, 0.3) is 0 Å². The normalized spacial score (nSPS) is 12.8. The molecule has 0 fully saturated rings. The Labute approximate surface area is 94.1 Å². The molecule has 0 heterocycles. The highest BCUT2D eigenvalue weighted by atomic mass is 127. The Kier molecular flexibility index (Phi) is 4.73. The molecule has 13 heavy (non-hydrogen) atoms. The van der Waals surface area contributed by atoms with E-state index in [4.69, 9.17) is 0 Å². The second kappa shape index (κ2) is 5.60. The lowest BCUT2D eigenvalue weighted by Gasteiger charge is -2.11. The van der Waals surface area contributed by atoms with Gasteiger partial charge in [-0.3, -0.25) is 0 Å². The Morgan fingerprint density at radius 1 is 1.38 bits per heavy atom. The first-order valence-electron chi connectivity index (χ1n) is 4.70. The second-order valence-corrected chi connectivity index (χ2v) is 4.44. The lowest BCUT2D eigenvalue weighted by atomic mass is 10.2. The minimum absolute atomic E-state index is 0.607. The molecule has 0 spiro atoms. The van der Waals surface area contributed by atoms with Crippen molar-refractivity contribution in [2.45, 2.75) is 32.9 Å².